The summed E-state index contributed by atoms with van der Waals surface area (Å²) in [4.78, 5) is 41.8. The van der Waals surface area contributed by atoms with Gasteiger partial charge in [-0.1, -0.05) is 92.8 Å². The molecule has 0 spiro atoms. The lowest BCUT2D eigenvalue weighted by Gasteiger charge is -2.28. The molecular weight excluding hydrogens is 404 g/mol. The summed E-state index contributed by atoms with van der Waals surface area (Å²) >= 11 is 0. The van der Waals surface area contributed by atoms with Gasteiger partial charge in [0.05, 0.1) is 0 Å². The van der Waals surface area contributed by atoms with Crippen LogP contribution in [0.2, 0.25) is 0 Å². The quantitative estimate of drug-likeness (QED) is 0.621. The lowest BCUT2D eigenvalue weighted by molar-refractivity contribution is -0.147. The third-order valence-corrected chi connectivity index (χ3v) is 6.70. The van der Waals surface area contributed by atoms with Gasteiger partial charge in [0.25, 0.3) is 5.91 Å². The largest absolute Gasteiger partial charge is 0.480 e. The predicted octanol–water partition coefficient (Wildman–Crippen LogP) is 4.49. The topological polar surface area (TPSA) is 77.9 Å². The number of urea groups is 1. The molecule has 1 saturated carbocycles. The van der Waals surface area contributed by atoms with Crippen molar-refractivity contribution in [1.29, 1.82) is 0 Å². The standard InChI is InChI=1S/C26H30N2O4/c29-24-22(16-19-10-4-1-5-11-19)27(18-21-14-8-3-9-15-21)26(32)28(24)23(25(30)31)17-20-12-6-2-7-13-20/h1,3-5,8-11,14-15,20,22-23H,2,6-7,12-13,16-18H2,(H,30,31). The maximum atomic E-state index is 13.5. The van der Waals surface area contributed by atoms with E-state index in [4.69, 9.17) is 0 Å². The first-order valence-corrected chi connectivity index (χ1v) is 11.5. The Labute approximate surface area is 188 Å². The number of aliphatic carboxylic acids is 1. The molecule has 6 heteroatoms. The summed E-state index contributed by atoms with van der Waals surface area (Å²) in [6.45, 7) is 0.273. The van der Waals surface area contributed by atoms with Crippen molar-refractivity contribution in [3.8, 4) is 0 Å². The highest BCUT2D eigenvalue weighted by Crippen LogP contribution is 2.32. The summed E-state index contributed by atoms with van der Waals surface area (Å²) in [5.74, 6) is -1.27. The molecule has 3 amide bonds. The number of rotatable bonds is 8. The minimum atomic E-state index is -1.11. The van der Waals surface area contributed by atoms with Crippen LogP contribution in [0.25, 0.3) is 0 Å². The number of hydrogen-bond donors (Lipinski definition) is 1. The summed E-state index contributed by atoms with van der Waals surface area (Å²) in [7, 11) is 0. The van der Waals surface area contributed by atoms with Crippen LogP contribution >= 0.6 is 0 Å². The number of carbonyl (C=O) groups excluding carboxylic acids is 2. The van der Waals surface area contributed by atoms with Crippen molar-refractivity contribution < 1.29 is 19.5 Å². The number of nitrogens with zero attached hydrogens (tertiary/aromatic N) is 2. The number of hydrogen-bond acceptors (Lipinski definition) is 3. The Morgan fingerprint density at radius 2 is 1.50 bits per heavy atom. The van der Waals surface area contributed by atoms with Crippen LogP contribution in [-0.4, -0.2) is 44.9 Å². The molecule has 0 bridgehead atoms. The third kappa shape index (κ3) is 4.85. The van der Waals surface area contributed by atoms with E-state index in [1.54, 1.807) is 4.90 Å². The van der Waals surface area contributed by atoms with Gasteiger partial charge in [0.15, 0.2) is 0 Å². The van der Waals surface area contributed by atoms with Crippen molar-refractivity contribution in [2.24, 2.45) is 5.92 Å². The van der Waals surface area contributed by atoms with Crippen LogP contribution in [-0.2, 0) is 22.6 Å². The number of benzene rings is 2. The average Bonchev–Trinajstić information content (AvgIpc) is 3.03. The zero-order valence-electron chi connectivity index (χ0n) is 18.2. The Balaban J connectivity index is 1.62. The van der Waals surface area contributed by atoms with Gasteiger partial charge >= 0.3 is 12.0 Å². The van der Waals surface area contributed by atoms with Crippen LogP contribution in [0.5, 0.6) is 0 Å². The van der Waals surface area contributed by atoms with Crippen LogP contribution in [0, 0.1) is 5.92 Å². The molecule has 168 valence electrons. The lowest BCUT2D eigenvalue weighted by atomic mass is 9.84. The van der Waals surface area contributed by atoms with E-state index in [9.17, 15) is 19.5 Å². The second kappa shape index (κ2) is 9.98. The highest BCUT2D eigenvalue weighted by atomic mass is 16.4. The van der Waals surface area contributed by atoms with Gasteiger partial charge < -0.3 is 10.0 Å². The molecule has 0 aromatic heterocycles. The van der Waals surface area contributed by atoms with Crippen LogP contribution < -0.4 is 0 Å². The van der Waals surface area contributed by atoms with E-state index in [2.05, 4.69) is 0 Å². The third-order valence-electron chi connectivity index (χ3n) is 6.70. The summed E-state index contributed by atoms with van der Waals surface area (Å²) in [5, 5.41) is 9.99. The Bertz CT molecular complexity index is 881. The Hall–Kier alpha value is -3.15. The molecule has 2 atom stereocenters. The fraction of sp³-hybridized carbons (Fsp3) is 0.423. The van der Waals surface area contributed by atoms with Crippen molar-refractivity contribution in [3.05, 3.63) is 71.8 Å². The number of carboxylic acids is 1. The molecule has 6 nitrogen and oxygen atoms in total. The van der Waals surface area contributed by atoms with Gasteiger partial charge in [-0.3, -0.25) is 4.79 Å². The van der Waals surface area contributed by atoms with Crippen molar-refractivity contribution in [3.63, 3.8) is 0 Å². The molecule has 32 heavy (non-hydrogen) atoms. The van der Waals surface area contributed by atoms with E-state index < -0.39 is 30.0 Å². The number of carbonyl (C=O) groups is 3. The van der Waals surface area contributed by atoms with E-state index >= 15 is 0 Å². The molecule has 1 N–H and O–H groups in total. The number of amides is 3. The van der Waals surface area contributed by atoms with Crippen molar-refractivity contribution in [1.82, 2.24) is 9.80 Å². The molecule has 4 rings (SSSR count). The van der Waals surface area contributed by atoms with E-state index in [-0.39, 0.29) is 12.5 Å². The van der Waals surface area contributed by atoms with Crippen LogP contribution in [0.3, 0.4) is 0 Å². The zero-order chi connectivity index (χ0) is 22.5. The SMILES string of the molecule is O=C(O)C(CC1CCCCC1)N1C(=O)C(Cc2ccccc2)N(Cc2ccccc2)C1=O. The van der Waals surface area contributed by atoms with E-state index in [0.717, 1.165) is 41.7 Å². The molecule has 2 aromatic rings. The van der Waals surface area contributed by atoms with Gasteiger partial charge in [0, 0.05) is 13.0 Å². The van der Waals surface area contributed by atoms with Gasteiger partial charge in [-0.2, -0.15) is 0 Å². The number of imide groups is 1. The summed E-state index contributed by atoms with van der Waals surface area (Å²) in [6, 6.07) is 16.8. The minimum absolute atomic E-state index is 0.237. The second-order valence-corrected chi connectivity index (χ2v) is 8.90. The van der Waals surface area contributed by atoms with E-state index in [0.29, 0.717) is 12.8 Å². The molecular formula is C26H30N2O4. The molecule has 2 fully saturated rings. The first kappa shape index (κ1) is 22.1. The maximum Gasteiger partial charge on any atom is 0.328 e. The normalized spacial score (nSPS) is 20.6. The summed E-state index contributed by atoms with van der Waals surface area (Å²) in [6.07, 6.45) is 5.95. The van der Waals surface area contributed by atoms with Gasteiger partial charge in [-0.25, -0.2) is 14.5 Å². The molecule has 2 aliphatic rings. The fourth-order valence-corrected chi connectivity index (χ4v) is 4.99. The highest BCUT2D eigenvalue weighted by molar-refractivity contribution is 6.07. The average molecular weight is 435 g/mol. The van der Waals surface area contributed by atoms with Crippen molar-refractivity contribution in [2.75, 3.05) is 0 Å². The zero-order valence-corrected chi connectivity index (χ0v) is 18.2. The van der Waals surface area contributed by atoms with Gasteiger partial charge in [-0.05, 0) is 23.5 Å². The maximum absolute atomic E-state index is 13.5. The molecule has 2 aromatic carbocycles. The van der Waals surface area contributed by atoms with Crippen molar-refractivity contribution >= 4 is 17.9 Å². The van der Waals surface area contributed by atoms with Crippen LogP contribution in [0.1, 0.15) is 49.7 Å². The smallest absolute Gasteiger partial charge is 0.328 e. The fourth-order valence-electron chi connectivity index (χ4n) is 4.99. The molecule has 1 aliphatic heterocycles. The first-order chi connectivity index (χ1) is 15.5. The van der Waals surface area contributed by atoms with Crippen LogP contribution in [0.15, 0.2) is 60.7 Å². The molecule has 1 aliphatic carbocycles. The second-order valence-electron chi connectivity index (χ2n) is 8.90. The first-order valence-electron chi connectivity index (χ1n) is 11.5. The molecule has 2 unspecified atom stereocenters. The van der Waals surface area contributed by atoms with Gasteiger partial charge in [-0.15, -0.1) is 0 Å². The number of carboxylic acid groups (broad SMARTS) is 1. The Kier molecular flexibility index (Phi) is 6.88. The Morgan fingerprint density at radius 1 is 0.906 bits per heavy atom. The molecule has 0 radical (unpaired) electrons. The van der Waals surface area contributed by atoms with Crippen LogP contribution in [0.4, 0.5) is 4.79 Å². The van der Waals surface area contributed by atoms with Crippen molar-refractivity contribution in [2.45, 2.75) is 63.6 Å². The van der Waals surface area contributed by atoms with Gasteiger partial charge in [0.1, 0.15) is 12.1 Å². The highest BCUT2D eigenvalue weighted by Gasteiger charge is 2.50. The van der Waals surface area contributed by atoms with E-state index in [1.807, 2.05) is 60.7 Å². The summed E-state index contributed by atoms with van der Waals surface area (Å²) in [5.41, 5.74) is 1.85. The minimum Gasteiger partial charge on any atom is -0.480 e. The van der Waals surface area contributed by atoms with E-state index in [1.165, 1.54) is 6.42 Å². The van der Waals surface area contributed by atoms with Gasteiger partial charge in [0.2, 0.25) is 0 Å². The molecule has 1 saturated heterocycles. The Morgan fingerprint density at radius 3 is 2.09 bits per heavy atom. The predicted molar refractivity (Wildman–Crippen MR) is 121 cm³/mol. The monoisotopic (exact) mass is 434 g/mol. The summed E-state index contributed by atoms with van der Waals surface area (Å²) < 4.78 is 0. The lowest BCUT2D eigenvalue weighted by Crippen LogP contribution is -2.47. The molecule has 1 heterocycles.